The van der Waals surface area contributed by atoms with E-state index in [0.717, 1.165) is 13.1 Å². The van der Waals surface area contributed by atoms with Crippen molar-refractivity contribution < 1.29 is 9.59 Å². The zero-order valence-electron chi connectivity index (χ0n) is 14.5. The average Bonchev–Trinajstić information content (AvgIpc) is 2.59. The van der Waals surface area contributed by atoms with Gasteiger partial charge in [0, 0.05) is 30.9 Å². The van der Waals surface area contributed by atoms with Gasteiger partial charge in [0.15, 0.2) is 5.78 Å². The lowest BCUT2D eigenvalue weighted by atomic mass is 10.0. The highest BCUT2D eigenvalue weighted by molar-refractivity contribution is 6.07. The third-order valence-corrected chi connectivity index (χ3v) is 4.06. The maximum atomic E-state index is 12.4. The lowest BCUT2D eigenvalue weighted by molar-refractivity contribution is 0.0939. The van der Waals surface area contributed by atoms with Crippen molar-refractivity contribution in [2.24, 2.45) is 0 Å². The molecule has 0 heterocycles. The number of benzene rings is 2. The minimum absolute atomic E-state index is 0.101. The minimum Gasteiger partial charge on any atom is -0.370 e. The number of Topliss-reactive ketones (excluding diaryl/α,β-unsaturated/α-hetero) is 1. The normalized spacial score (nSPS) is 10.3. The quantitative estimate of drug-likeness (QED) is 0.794. The van der Waals surface area contributed by atoms with Crippen LogP contribution in [-0.4, -0.2) is 31.3 Å². The maximum Gasteiger partial charge on any atom is 0.252 e. The summed E-state index contributed by atoms with van der Waals surface area (Å²) < 4.78 is 0. The number of amides is 1. The number of nitrogens with zero attached hydrogens (tertiary/aromatic N) is 1. The molecular formula is C20H24N2O2. The molecule has 1 amide bonds. The molecule has 4 nitrogen and oxygen atoms in total. The molecule has 0 aromatic heterocycles. The highest BCUT2D eigenvalue weighted by Crippen LogP contribution is 2.18. The summed E-state index contributed by atoms with van der Waals surface area (Å²) >= 11 is 0. The van der Waals surface area contributed by atoms with E-state index in [2.05, 4.69) is 36.2 Å². The van der Waals surface area contributed by atoms with E-state index in [9.17, 15) is 9.59 Å². The molecular weight excluding hydrogens is 300 g/mol. The van der Waals surface area contributed by atoms with Crippen molar-refractivity contribution in [2.45, 2.75) is 20.8 Å². The number of nitrogens with one attached hydrogen (secondary N) is 1. The van der Waals surface area contributed by atoms with Crippen molar-refractivity contribution in [3.63, 3.8) is 0 Å². The summed E-state index contributed by atoms with van der Waals surface area (Å²) in [5.74, 6) is -0.308. The Balaban J connectivity index is 2.00. The number of para-hydroxylation sites is 1. The summed E-state index contributed by atoms with van der Waals surface area (Å²) in [4.78, 5) is 26.2. The Morgan fingerprint density at radius 3 is 2.25 bits per heavy atom. The van der Waals surface area contributed by atoms with E-state index in [-0.39, 0.29) is 11.7 Å². The number of likely N-dealkylation sites (N-methyl/N-ethyl adjacent to an activating group) is 1. The summed E-state index contributed by atoms with van der Waals surface area (Å²) in [7, 11) is 0. The molecule has 0 aliphatic rings. The second kappa shape index (κ2) is 8.29. The molecule has 0 aliphatic heterocycles. The number of anilines is 1. The van der Waals surface area contributed by atoms with Crippen LogP contribution >= 0.6 is 0 Å². The number of aryl methyl sites for hydroxylation is 1. The average molecular weight is 324 g/mol. The van der Waals surface area contributed by atoms with Crippen molar-refractivity contribution >= 4 is 17.4 Å². The Labute approximate surface area is 143 Å². The van der Waals surface area contributed by atoms with Crippen molar-refractivity contribution in [2.75, 3.05) is 24.5 Å². The summed E-state index contributed by atoms with van der Waals surface area (Å²) in [6.07, 6.45) is 0. The molecule has 0 unspecified atom stereocenters. The van der Waals surface area contributed by atoms with Crippen LogP contribution in [0.2, 0.25) is 0 Å². The van der Waals surface area contributed by atoms with E-state index in [0.29, 0.717) is 17.7 Å². The molecule has 0 saturated carbocycles. The van der Waals surface area contributed by atoms with Crippen molar-refractivity contribution in [3.8, 4) is 0 Å². The van der Waals surface area contributed by atoms with Crippen LogP contribution in [0, 0.1) is 6.92 Å². The fourth-order valence-electron chi connectivity index (χ4n) is 2.75. The van der Waals surface area contributed by atoms with Gasteiger partial charge >= 0.3 is 0 Å². The van der Waals surface area contributed by atoms with E-state index in [1.54, 1.807) is 24.3 Å². The smallest absolute Gasteiger partial charge is 0.252 e. The van der Waals surface area contributed by atoms with Crippen molar-refractivity contribution in [3.05, 3.63) is 65.2 Å². The minimum atomic E-state index is -0.207. The van der Waals surface area contributed by atoms with Gasteiger partial charge in [-0.1, -0.05) is 36.4 Å². The van der Waals surface area contributed by atoms with Gasteiger partial charge in [-0.3, -0.25) is 9.59 Å². The lowest BCUT2D eigenvalue weighted by Crippen LogP contribution is -2.35. The summed E-state index contributed by atoms with van der Waals surface area (Å²) in [6.45, 7) is 7.76. The van der Waals surface area contributed by atoms with Crippen LogP contribution in [0.4, 0.5) is 5.69 Å². The van der Waals surface area contributed by atoms with Crippen LogP contribution < -0.4 is 10.2 Å². The van der Waals surface area contributed by atoms with Gasteiger partial charge in [0.2, 0.25) is 0 Å². The Morgan fingerprint density at radius 1 is 1.00 bits per heavy atom. The number of rotatable bonds is 7. The zero-order chi connectivity index (χ0) is 17.5. The monoisotopic (exact) mass is 324 g/mol. The molecule has 0 bridgehead atoms. The number of carbonyl (C=O) groups is 2. The first-order valence-electron chi connectivity index (χ1n) is 8.23. The molecule has 2 aromatic rings. The Morgan fingerprint density at radius 2 is 1.62 bits per heavy atom. The molecule has 2 rings (SSSR count). The fraction of sp³-hybridized carbons (Fsp3) is 0.300. The van der Waals surface area contributed by atoms with E-state index < -0.39 is 0 Å². The molecule has 0 fully saturated rings. The van der Waals surface area contributed by atoms with Gasteiger partial charge < -0.3 is 10.2 Å². The summed E-state index contributed by atoms with van der Waals surface area (Å²) in [6, 6.07) is 15.1. The van der Waals surface area contributed by atoms with Crippen LogP contribution in [0.25, 0.3) is 0 Å². The molecule has 0 radical (unpaired) electrons. The van der Waals surface area contributed by atoms with Gasteiger partial charge in [-0.25, -0.2) is 0 Å². The first-order valence-corrected chi connectivity index (χ1v) is 8.23. The third-order valence-electron chi connectivity index (χ3n) is 4.06. The fourth-order valence-corrected chi connectivity index (χ4v) is 2.75. The Hall–Kier alpha value is -2.62. The zero-order valence-corrected chi connectivity index (χ0v) is 14.5. The number of hydrogen-bond acceptors (Lipinski definition) is 3. The summed E-state index contributed by atoms with van der Waals surface area (Å²) in [5.41, 5.74) is 3.29. The van der Waals surface area contributed by atoms with Gasteiger partial charge in [-0.15, -0.1) is 0 Å². The Bertz CT molecular complexity index is 725. The molecule has 0 aliphatic carbocycles. The van der Waals surface area contributed by atoms with Gasteiger partial charge in [-0.2, -0.15) is 0 Å². The molecule has 4 heteroatoms. The van der Waals surface area contributed by atoms with Crippen molar-refractivity contribution in [1.82, 2.24) is 5.32 Å². The maximum absolute atomic E-state index is 12.4. The topological polar surface area (TPSA) is 49.4 Å². The Kier molecular flexibility index (Phi) is 6.13. The third kappa shape index (κ3) is 4.22. The van der Waals surface area contributed by atoms with E-state index in [1.165, 1.54) is 18.2 Å². The van der Waals surface area contributed by atoms with E-state index >= 15 is 0 Å². The van der Waals surface area contributed by atoms with Crippen LogP contribution in [-0.2, 0) is 0 Å². The highest BCUT2D eigenvalue weighted by Gasteiger charge is 2.14. The predicted molar refractivity (Wildman–Crippen MR) is 97.8 cm³/mol. The van der Waals surface area contributed by atoms with E-state index in [1.807, 2.05) is 12.1 Å². The van der Waals surface area contributed by atoms with Gasteiger partial charge in [0.1, 0.15) is 0 Å². The second-order valence-corrected chi connectivity index (χ2v) is 5.72. The molecule has 0 spiro atoms. The number of hydrogen-bond donors (Lipinski definition) is 1. The van der Waals surface area contributed by atoms with Gasteiger partial charge in [0.05, 0.1) is 5.56 Å². The first-order chi connectivity index (χ1) is 11.5. The highest BCUT2D eigenvalue weighted by atomic mass is 16.2. The van der Waals surface area contributed by atoms with Gasteiger partial charge in [-0.05, 0) is 38.5 Å². The molecule has 0 saturated heterocycles. The largest absolute Gasteiger partial charge is 0.370 e. The lowest BCUT2D eigenvalue weighted by Gasteiger charge is -2.25. The first kappa shape index (κ1) is 17.7. The summed E-state index contributed by atoms with van der Waals surface area (Å²) in [5, 5.41) is 2.92. The molecule has 0 atom stereocenters. The predicted octanol–water partition coefficient (Wildman–Crippen LogP) is 3.45. The van der Waals surface area contributed by atoms with Crippen molar-refractivity contribution in [1.29, 1.82) is 0 Å². The SMILES string of the molecule is CCN(CCNC(=O)c1ccccc1C(C)=O)c1ccccc1C. The second-order valence-electron chi connectivity index (χ2n) is 5.72. The molecule has 126 valence electrons. The molecule has 1 N–H and O–H groups in total. The van der Waals surface area contributed by atoms with Crippen LogP contribution in [0.3, 0.4) is 0 Å². The van der Waals surface area contributed by atoms with Crippen LogP contribution in [0.1, 0.15) is 40.1 Å². The van der Waals surface area contributed by atoms with Gasteiger partial charge in [0.25, 0.3) is 5.91 Å². The molecule has 2 aromatic carbocycles. The van der Waals surface area contributed by atoms with Crippen LogP contribution in [0.5, 0.6) is 0 Å². The molecule has 24 heavy (non-hydrogen) atoms. The standard InChI is InChI=1S/C20H24N2O2/c1-4-22(19-12-8-5-9-15(19)2)14-13-21-20(24)18-11-7-6-10-17(18)16(3)23/h5-12H,4,13-14H2,1-3H3,(H,21,24). The number of ketones is 1. The number of carbonyl (C=O) groups excluding carboxylic acids is 2. The van der Waals surface area contributed by atoms with E-state index in [4.69, 9.17) is 0 Å². The van der Waals surface area contributed by atoms with Crippen LogP contribution in [0.15, 0.2) is 48.5 Å².